The summed E-state index contributed by atoms with van der Waals surface area (Å²) in [5.74, 6) is -0.758. The summed E-state index contributed by atoms with van der Waals surface area (Å²) in [6, 6.07) is 9.62. The van der Waals surface area contributed by atoms with Gasteiger partial charge in [0.2, 0.25) is 0 Å². The molecule has 0 aromatic heterocycles. The lowest BCUT2D eigenvalue weighted by Gasteiger charge is -2.27. The first-order valence-electron chi connectivity index (χ1n) is 12.0. The second-order valence-electron chi connectivity index (χ2n) is 9.00. The Morgan fingerprint density at radius 2 is 1.86 bits per heavy atom. The van der Waals surface area contributed by atoms with Crippen LogP contribution in [0.15, 0.2) is 42.0 Å². The highest BCUT2D eigenvalue weighted by molar-refractivity contribution is 6.46. The van der Waals surface area contributed by atoms with Crippen LogP contribution in [0.4, 0.5) is 0 Å². The number of fused-ring (bicyclic) bond motifs is 1. The monoisotopic (exact) mass is 516 g/mol. The molecule has 1 N–H and O–H groups in total. The Morgan fingerprint density at radius 3 is 2.54 bits per heavy atom. The Morgan fingerprint density at radius 1 is 1.11 bits per heavy atom. The lowest BCUT2D eigenvalue weighted by molar-refractivity contribution is -0.140. The molecule has 186 valence electrons. The van der Waals surface area contributed by atoms with E-state index in [9.17, 15) is 14.7 Å². The van der Waals surface area contributed by atoms with Crippen molar-refractivity contribution in [2.75, 3.05) is 26.2 Å². The second kappa shape index (κ2) is 10.6. The SMILES string of the molecule is CCN(CC)CCCN1C(=O)C(=O)/C(=C(/O)c2ccc3c(c2)C[C@@H](C)O3)[C@@H]1c1ccc(Cl)c(Cl)c1. The number of amides is 1. The molecule has 6 nitrogen and oxygen atoms in total. The molecule has 2 aliphatic rings. The third-order valence-electron chi connectivity index (χ3n) is 6.74. The Balaban J connectivity index is 1.75. The molecule has 0 aliphatic carbocycles. The summed E-state index contributed by atoms with van der Waals surface area (Å²) < 4.78 is 5.76. The van der Waals surface area contributed by atoms with Gasteiger partial charge in [0.05, 0.1) is 21.7 Å². The van der Waals surface area contributed by atoms with E-state index in [4.69, 9.17) is 27.9 Å². The fourth-order valence-electron chi connectivity index (χ4n) is 4.87. The predicted molar refractivity (Wildman–Crippen MR) is 138 cm³/mol. The number of ether oxygens (including phenoxy) is 1. The van der Waals surface area contributed by atoms with E-state index < -0.39 is 17.7 Å². The van der Waals surface area contributed by atoms with E-state index in [0.29, 0.717) is 40.6 Å². The van der Waals surface area contributed by atoms with Crippen LogP contribution < -0.4 is 4.74 Å². The smallest absolute Gasteiger partial charge is 0.295 e. The van der Waals surface area contributed by atoms with Crippen LogP contribution in [0.3, 0.4) is 0 Å². The summed E-state index contributed by atoms with van der Waals surface area (Å²) >= 11 is 12.4. The predicted octanol–water partition coefficient (Wildman–Crippen LogP) is 5.47. The summed E-state index contributed by atoms with van der Waals surface area (Å²) in [6.45, 7) is 9.15. The zero-order valence-electron chi connectivity index (χ0n) is 20.2. The minimum Gasteiger partial charge on any atom is -0.507 e. The summed E-state index contributed by atoms with van der Waals surface area (Å²) in [7, 11) is 0. The number of benzene rings is 2. The fourth-order valence-corrected chi connectivity index (χ4v) is 5.18. The Kier molecular flexibility index (Phi) is 7.74. The maximum Gasteiger partial charge on any atom is 0.295 e. The zero-order chi connectivity index (χ0) is 25.3. The number of carbonyl (C=O) groups excluding carboxylic acids is 2. The first kappa shape index (κ1) is 25.5. The van der Waals surface area contributed by atoms with Gasteiger partial charge in [-0.2, -0.15) is 0 Å². The summed E-state index contributed by atoms with van der Waals surface area (Å²) in [4.78, 5) is 30.2. The summed E-state index contributed by atoms with van der Waals surface area (Å²) in [5.41, 5.74) is 2.12. The van der Waals surface area contributed by atoms with Gasteiger partial charge in [-0.05, 0) is 74.4 Å². The second-order valence-corrected chi connectivity index (χ2v) is 9.82. The van der Waals surface area contributed by atoms with Gasteiger partial charge >= 0.3 is 0 Å². The minimum atomic E-state index is -0.759. The highest BCUT2D eigenvalue weighted by atomic mass is 35.5. The molecule has 1 saturated heterocycles. The molecule has 35 heavy (non-hydrogen) atoms. The van der Waals surface area contributed by atoms with Crippen LogP contribution >= 0.6 is 23.2 Å². The van der Waals surface area contributed by atoms with E-state index in [1.54, 1.807) is 30.3 Å². The van der Waals surface area contributed by atoms with Gasteiger partial charge in [0, 0.05) is 18.5 Å². The molecule has 0 bridgehead atoms. The molecular weight excluding hydrogens is 487 g/mol. The van der Waals surface area contributed by atoms with Gasteiger partial charge in [-0.15, -0.1) is 0 Å². The molecule has 1 fully saturated rings. The Labute approximate surface area is 216 Å². The molecule has 8 heteroatoms. The van der Waals surface area contributed by atoms with Gasteiger partial charge in [0.15, 0.2) is 0 Å². The molecule has 2 aromatic rings. The van der Waals surface area contributed by atoms with Gasteiger partial charge < -0.3 is 19.6 Å². The number of aliphatic hydroxyl groups excluding tert-OH is 1. The van der Waals surface area contributed by atoms with E-state index in [1.165, 1.54) is 4.90 Å². The van der Waals surface area contributed by atoms with Crippen molar-refractivity contribution in [1.82, 2.24) is 9.80 Å². The van der Waals surface area contributed by atoms with Gasteiger partial charge in [-0.1, -0.05) is 43.1 Å². The summed E-state index contributed by atoms with van der Waals surface area (Å²) in [5, 5.41) is 12.0. The third-order valence-corrected chi connectivity index (χ3v) is 7.48. The number of hydrogen-bond donors (Lipinski definition) is 1. The molecule has 2 aliphatic heterocycles. The zero-order valence-corrected chi connectivity index (χ0v) is 21.7. The normalized spacial score (nSPS) is 21.0. The van der Waals surface area contributed by atoms with E-state index in [2.05, 4.69) is 18.7 Å². The molecule has 2 aromatic carbocycles. The standard InChI is InChI=1S/C27H30Cl2N2O4/c1-4-30(5-2)11-6-12-31-24(17-7-9-20(28)21(29)15-17)23(26(33)27(31)34)25(32)18-8-10-22-19(14-18)13-16(3)35-22/h7-10,14-16,24,32H,4-6,11-13H2,1-3H3/b25-23+/t16-,24+/m1/s1. The van der Waals surface area contributed by atoms with E-state index in [1.807, 2.05) is 13.0 Å². The maximum atomic E-state index is 13.3. The quantitative estimate of drug-likeness (QED) is 0.286. The van der Waals surface area contributed by atoms with Crippen molar-refractivity contribution in [2.24, 2.45) is 0 Å². The number of rotatable bonds is 8. The van der Waals surface area contributed by atoms with Crippen molar-refractivity contribution in [3.63, 3.8) is 0 Å². The van der Waals surface area contributed by atoms with Crippen LogP contribution in [0.25, 0.3) is 5.76 Å². The molecule has 2 heterocycles. The number of Topliss-reactive ketones (excluding diaryl/α,β-unsaturated/α-hetero) is 1. The van der Waals surface area contributed by atoms with Crippen molar-refractivity contribution in [1.29, 1.82) is 0 Å². The first-order chi connectivity index (χ1) is 16.7. The largest absolute Gasteiger partial charge is 0.507 e. The molecule has 0 saturated carbocycles. The average molecular weight is 517 g/mol. The van der Waals surface area contributed by atoms with E-state index >= 15 is 0 Å². The number of carbonyl (C=O) groups is 2. The van der Waals surface area contributed by atoms with Gasteiger partial charge in [0.1, 0.15) is 17.6 Å². The Bertz CT molecular complexity index is 1180. The molecule has 0 spiro atoms. The van der Waals surface area contributed by atoms with Crippen LogP contribution in [-0.4, -0.2) is 58.9 Å². The van der Waals surface area contributed by atoms with Crippen LogP contribution in [0, 0.1) is 0 Å². The van der Waals surface area contributed by atoms with Crippen LogP contribution in [0.5, 0.6) is 5.75 Å². The number of aliphatic hydroxyl groups is 1. The number of likely N-dealkylation sites (tertiary alicyclic amines) is 1. The van der Waals surface area contributed by atoms with Crippen molar-refractivity contribution >= 4 is 40.7 Å². The van der Waals surface area contributed by atoms with Gasteiger partial charge in [-0.25, -0.2) is 0 Å². The lowest BCUT2D eigenvalue weighted by atomic mass is 9.94. The third kappa shape index (κ3) is 5.06. The topological polar surface area (TPSA) is 70.1 Å². The summed E-state index contributed by atoms with van der Waals surface area (Å²) in [6.07, 6.45) is 1.46. The highest BCUT2D eigenvalue weighted by Crippen LogP contribution is 2.42. The molecule has 1 amide bonds. The lowest BCUT2D eigenvalue weighted by Crippen LogP contribution is -2.33. The number of nitrogens with zero attached hydrogens (tertiary/aromatic N) is 2. The molecule has 2 atom stereocenters. The number of halogens is 2. The van der Waals surface area contributed by atoms with Crippen molar-refractivity contribution < 1.29 is 19.4 Å². The van der Waals surface area contributed by atoms with Crippen LogP contribution in [-0.2, 0) is 16.0 Å². The van der Waals surface area contributed by atoms with Gasteiger partial charge in [0.25, 0.3) is 11.7 Å². The molecular formula is C27H30Cl2N2O4. The van der Waals surface area contributed by atoms with Crippen molar-refractivity contribution in [2.45, 2.75) is 45.8 Å². The van der Waals surface area contributed by atoms with E-state index in [-0.39, 0.29) is 17.4 Å². The van der Waals surface area contributed by atoms with Crippen molar-refractivity contribution in [3.8, 4) is 5.75 Å². The average Bonchev–Trinajstić information content (AvgIpc) is 3.34. The Hall–Kier alpha value is -2.54. The molecule has 0 radical (unpaired) electrons. The maximum absolute atomic E-state index is 13.3. The number of ketones is 1. The highest BCUT2D eigenvalue weighted by Gasteiger charge is 2.46. The van der Waals surface area contributed by atoms with Crippen LogP contribution in [0.1, 0.15) is 49.9 Å². The van der Waals surface area contributed by atoms with E-state index in [0.717, 1.165) is 30.9 Å². The molecule has 0 unspecified atom stereocenters. The van der Waals surface area contributed by atoms with Crippen molar-refractivity contribution in [3.05, 3.63) is 68.7 Å². The van der Waals surface area contributed by atoms with Crippen LogP contribution in [0.2, 0.25) is 10.0 Å². The first-order valence-corrected chi connectivity index (χ1v) is 12.8. The minimum absolute atomic E-state index is 0.0509. The van der Waals surface area contributed by atoms with Gasteiger partial charge in [-0.3, -0.25) is 9.59 Å². The fraction of sp³-hybridized carbons (Fsp3) is 0.407. The molecule has 4 rings (SSSR count). The number of hydrogen-bond acceptors (Lipinski definition) is 5.